The Bertz CT molecular complexity index is 604. The first kappa shape index (κ1) is 15.3. The summed E-state index contributed by atoms with van der Waals surface area (Å²) in [6, 6.07) is 11.3. The molecule has 1 aromatic heterocycles. The number of aryl methyl sites for hydroxylation is 2. The van der Waals surface area contributed by atoms with Gasteiger partial charge in [-0.15, -0.1) is 0 Å². The molecule has 1 N–H and O–H groups in total. The Balaban J connectivity index is 2.11. The first-order valence-corrected chi connectivity index (χ1v) is 6.98. The van der Waals surface area contributed by atoms with Crippen LogP contribution in [0, 0.1) is 13.8 Å². The van der Waals surface area contributed by atoms with Crippen molar-refractivity contribution in [3.05, 3.63) is 59.0 Å². The fourth-order valence-electron chi connectivity index (χ4n) is 2.47. The van der Waals surface area contributed by atoms with Crippen LogP contribution in [0.1, 0.15) is 41.7 Å². The molecule has 4 heteroatoms. The van der Waals surface area contributed by atoms with E-state index < -0.39 is 6.10 Å². The van der Waals surface area contributed by atoms with E-state index in [-0.39, 0.29) is 11.9 Å². The number of carbonyl (C=O) groups excluding carboxylic acids is 1. The van der Waals surface area contributed by atoms with Crippen LogP contribution in [0.2, 0.25) is 0 Å². The highest BCUT2D eigenvalue weighted by molar-refractivity contribution is 5.82. The van der Waals surface area contributed by atoms with Crippen LogP contribution in [-0.2, 0) is 9.53 Å². The number of furan rings is 1. The third kappa shape index (κ3) is 3.52. The fraction of sp³-hybridized carbons (Fsp3) is 0.353. The summed E-state index contributed by atoms with van der Waals surface area (Å²) in [5.74, 6) is 1.51. The van der Waals surface area contributed by atoms with Crippen molar-refractivity contribution in [2.75, 3.05) is 7.11 Å². The van der Waals surface area contributed by atoms with Gasteiger partial charge >= 0.3 is 0 Å². The first-order valence-electron chi connectivity index (χ1n) is 6.98. The van der Waals surface area contributed by atoms with Crippen molar-refractivity contribution in [1.82, 2.24) is 5.32 Å². The largest absolute Gasteiger partial charge is 0.466 e. The van der Waals surface area contributed by atoms with Gasteiger partial charge in [0.1, 0.15) is 11.5 Å². The number of carbonyl (C=O) groups is 1. The summed E-state index contributed by atoms with van der Waals surface area (Å²) >= 11 is 0. The molecule has 0 radical (unpaired) electrons. The molecule has 0 fully saturated rings. The molecule has 0 aliphatic rings. The van der Waals surface area contributed by atoms with Crippen LogP contribution < -0.4 is 5.32 Å². The van der Waals surface area contributed by atoms with E-state index in [1.54, 1.807) is 0 Å². The second kappa shape index (κ2) is 6.59. The molecule has 1 heterocycles. The van der Waals surface area contributed by atoms with E-state index in [4.69, 9.17) is 9.15 Å². The number of rotatable bonds is 5. The molecule has 2 aromatic rings. The number of hydrogen-bond donors (Lipinski definition) is 1. The molecule has 112 valence electrons. The normalized spacial score (nSPS) is 13.7. The van der Waals surface area contributed by atoms with Gasteiger partial charge in [0, 0.05) is 12.7 Å². The highest BCUT2D eigenvalue weighted by Crippen LogP contribution is 2.23. The minimum atomic E-state index is -0.609. The van der Waals surface area contributed by atoms with E-state index in [0.29, 0.717) is 0 Å². The molecule has 2 unspecified atom stereocenters. The number of amides is 1. The van der Waals surface area contributed by atoms with Crippen LogP contribution in [-0.4, -0.2) is 13.0 Å². The molecule has 0 saturated heterocycles. The van der Waals surface area contributed by atoms with Crippen LogP contribution in [0.3, 0.4) is 0 Å². The third-order valence-corrected chi connectivity index (χ3v) is 3.48. The van der Waals surface area contributed by atoms with Crippen molar-refractivity contribution in [3.8, 4) is 0 Å². The molecule has 0 aliphatic heterocycles. The third-order valence-electron chi connectivity index (χ3n) is 3.48. The number of benzene rings is 1. The Kier molecular flexibility index (Phi) is 4.81. The summed E-state index contributed by atoms with van der Waals surface area (Å²) in [6.07, 6.45) is -0.609. The average Bonchev–Trinajstić information content (AvgIpc) is 2.80. The van der Waals surface area contributed by atoms with Crippen LogP contribution in [0.5, 0.6) is 0 Å². The maximum atomic E-state index is 12.4. The lowest BCUT2D eigenvalue weighted by Gasteiger charge is -2.19. The summed E-state index contributed by atoms with van der Waals surface area (Å²) in [5, 5.41) is 2.98. The molecule has 0 bridgehead atoms. The van der Waals surface area contributed by atoms with Gasteiger partial charge in [-0.05, 0) is 32.4 Å². The van der Waals surface area contributed by atoms with Crippen molar-refractivity contribution in [2.24, 2.45) is 0 Å². The zero-order valence-corrected chi connectivity index (χ0v) is 12.8. The molecule has 0 aliphatic carbocycles. The highest BCUT2D eigenvalue weighted by Gasteiger charge is 2.23. The molecular formula is C17H21NO3. The number of methoxy groups -OCH3 is 1. The van der Waals surface area contributed by atoms with Crippen LogP contribution in [0.25, 0.3) is 0 Å². The average molecular weight is 287 g/mol. The van der Waals surface area contributed by atoms with Gasteiger partial charge in [-0.25, -0.2) is 0 Å². The molecule has 4 nitrogen and oxygen atoms in total. The minimum Gasteiger partial charge on any atom is -0.466 e. The summed E-state index contributed by atoms with van der Waals surface area (Å²) < 4.78 is 10.8. The maximum absolute atomic E-state index is 12.4. The van der Waals surface area contributed by atoms with Crippen molar-refractivity contribution >= 4 is 5.91 Å². The van der Waals surface area contributed by atoms with E-state index in [9.17, 15) is 4.79 Å². The number of nitrogens with one attached hydrogen (secondary N) is 1. The standard InChI is InChI=1S/C17H21NO3/c1-11-10-15(13(3)21-11)12(2)18-17(19)16(20-4)14-8-6-5-7-9-14/h5-10,12,16H,1-4H3,(H,18,19). The van der Waals surface area contributed by atoms with E-state index in [2.05, 4.69) is 5.32 Å². The lowest BCUT2D eigenvalue weighted by molar-refractivity contribution is -0.132. The van der Waals surface area contributed by atoms with Gasteiger partial charge in [0.25, 0.3) is 5.91 Å². The lowest BCUT2D eigenvalue weighted by Crippen LogP contribution is -2.32. The monoisotopic (exact) mass is 287 g/mol. The molecular weight excluding hydrogens is 266 g/mol. The van der Waals surface area contributed by atoms with E-state index in [0.717, 1.165) is 22.6 Å². The van der Waals surface area contributed by atoms with E-state index in [1.807, 2.05) is 57.2 Å². The van der Waals surface area contributed by atoms with E-state index in [1.165, 1.54) is 7.11 Å². The van der Waals surface area contributed by atoms with Crippen LogP contribution >= 0.6 is 0 Å². The zero-order valence-electron chi connectivity index (χ0n) is 12.8. The Labute approximate surface area is 125 Å². The van der Waals surface area contributed by atoms with Crippen LogP contribution in [0.15, 0.2) is 40.8 Å². The minimum absolute atomic E-state index is 0.128. The molecule has 1 aromatic carbocycles. The summed E-state index contributed by atoms with van der Waals surface area (Å²) in [5.41, 5.74) is 1.83. The Morgan fingerprint density at radius 3 is 2.43 bits per heavy atom. The smallest absolute Gasteiger partial charge is 0.254 e. The van der Waals surface area contributed by atoms with Gasteiger partial charge in [0.2, 0.25) is 0 Å². The predicted octanol–water partition coefficient (Wildman–Crippen LogP) is 3.46. The molecule has 2 atom stereocenters. The Hall–Kier alpha value is -2.07. The summed E-state index contributed by atoms with van der Waals surface area (Å²) in [4.78, 5) is 12.4. The van der Waals surface area contributed by atoms with Gasteiger partial charge < -0.3 is 14.5 Å². The second-order valence-corrected chi connectivity index (χ2v) is 5.13. The zero-order chi connectivity index (χ0) is 15.4. The van der Waals surface area contributed by atoms with Crippen molar-refractivity contribution in [3.63, 3.8) is 0 Å². The number of hydrogen-bond acceptors (Lipinski definition) is 3. The van der Waals surface area contributed by atoms with Gasteiger partial charge in [-0.2, -0.15) is 0 Å². The van der Waals surface area contributed by atoms with Gasteiger partial charge in [-0.3, -0.25) is 4.79 Å². The van der Waals surface area contributed by atoms with Gasteiger partial charge in [0.15, 0.2) is 6.10 Å². The lowest BCUT2D eigenvalue weighted by atomic mass is 10.1. The molecule has 21 heavy (non-hydrogen) atoms. The van der Waals surface area contributed by atoms with Crippen LogP contribution in [0.4, 0.5) is 0 Å². The first-order chi connectivity index (χ1) is 10.0. The topological polar surface area (TPSA) is 51.5 Å². The number of ether oxygens (including phenoxy) is 1. The predicted molar refractivity (Wildman–Crippen MR) is 80.9 cm³/mol. The maximum Gasteiger partial charge on any atom is 0.254 e. The van der Waals surface area contributed by atoms with Gasteiger partial charge in [0.05, 0.1) is 6.04 Å². The van der Waals surface area contributed by atoms with Crippen molar-refractivity contribution in [2.45, 2.75) is 32.9 Å². The van der Waals surface area contributed by atoms with Gasteiger partial charge in [-0.1, -0.05) is 30.3 Å². The molecule has 2 rings (SSSR count). The molecule has 0 saturated carbocycles. The van der Waals surface area contributed by atoms with E-state index >= 15 is 0 Å². The van der Waals surface area contributed by atoms with Crippen molar-refractivity contribution < 1.29 is 13.9 Å². The Morgan fingerprint density at radius 2 is 1.90 bits per heavy atom. The summed E-state index contributed by atoms with van der Waals surface area (Å²) in [6.45, 7) is 5.73. The Morgan fingerprint density at radius 1 is 1.24 bits per heavy atom. The summed E-state index contributed by atoms with van der Waals surface area (Å²) in [7, 11) is 1.54. The SMILES string of the molecule is COC(C(=O)NC(C)c1cc(C)oc1C)c1ccccc1. The second-order valence-electron chi connectivity index (χ2n) is 5.13. The fourth-order valence-corrected chi connectivity index (χ4v) is 2.47. The van der Waals surface area contributed by atoms with Crippen molar-refractivity contribution in [1.29, 1.82) is 0 Å². The molecule has 1 amide bonds. The highest BCUT2D eigenvalue weighted by atomic mass is 16.5. The molecule has 0 spiro atoms. The quantitative estimate of drug-likeness (QED) is 0.916.